The summed E-state index contributed by atoms with van der Waals surface area (Å²) in [7, 11) is 0. The molecule has 0 aliphatic carbocycles. The lowest BCUT2D eigenvalue weighted by molar-refractivity contribution is -0.138. The van der Waals surface area contributed by atoms with Crippen molar-refractivity contribution in [2.45, 2.75) is 59.1 Å². The molecule has 8 heteroatoms. The van der Waals surface area contributed by atoms with Gasteiger partial charge in [-0.3, -0.25) is 19.4 Å². The molecule has 0 bridgehead atoms. The third kappa shape index (κ3) is 5.83. The van der Waals surface area contributed by atoms with Gasteiger partial charge < -0.3 is 14.5 Å². The Morgan fingerprint density at radius 1 is 1.00 bits per heavy atom. The first-order valence-corrected chi connectivity index (χ1v) is 10.4. The van der Waals surface area contributed by atoms with Crippen LogP contribution >= 0.6 is 0 Å². The number of nitrogens with zero attached hydrogens (tertiary/aromatic N) is 4. The van der Waals surface area contributed by atoms with Crippen molar-refractivity contribution < 1.29 is 19.1 Å². The Balaban J connectivity index is 1.87. The molecule has 1 atom stereocenters. The van der Waals surface area contributed by atoms with Crippen molar-refractivity contribution in [1.29, 1.82) is 0 Å². The third-order valence-corrected chi connectivity index (χ3v) is 5.32. The van der Waals surface area contributed by atoms with E-state index in [-0.39, 0.29) is 11.8 Å². The summed E-state index contributed by atoms with van der Waals surface area (Å²) in [5.74, 6) is 0.134. The third-order valence-electron chi connectivity index (χ3n) is 5.32. The fourth-order valence-electron chi connectivity index (χ4n) is 3.77. The van der Waals surface area contributed by atoms with E-state index in [1.807, 2.05) is 44.4 Å². The van der Waals surface area contributed by atoms with Crippen molar-refractivity contribution >= 4 is 17.9 Å². The van der Waals surface area contributed by atoms with Crippen LogP contribution in [0.5, 0.6) is 0 Å². The van der Waals surface area contributed by atoms with Crippen LogP contribution in [-0.2, 0) is 14.3 Å². The molecule has 2 fully saturated rings. The Kier molecular flexibility index (Phi) is 7.69. The average molecular weight is 397 g/mol. The topological polar surface area (TPSA) is 73.4 Å². The van der Waals surface area contributed by atoms with Crippen LogP contribution < -0.4 is 0 Å². The van der Waals surface area contributed by atoms with Gasteiger partial charge in [-0.05, 0) is 47.5 Å². The second-order valence-electron chi connectivity index (χ2n) is 8.50. The number of carbonyl (C=O) groups excluding carboxylic acids is 3. The van der Waals surface area contributed by atoms with Crippen molar-refractivity contribution in [1.82, 2.24) is 19.6 Å². The van der Waals surface area contributed by atoms with Gasteiger partial charge in [-0.1, -0.05) is 0 Å². The molecular formula is C20H36N4O4. The van der Waals surface area contributed by atoms with Crippen molar-refractivity contribution in [2.75, 3.05) is 52.4 Å². The summed E-state index contributed by atoms with van der Waals surface area (Å²) in [6.45, 7) is 14.4. The minimum Gasteiger partial charge on any atom is -0.444 e. The average Bonchev–Trinajstić information content (AvgIpc) is 3.11. The van der Waals surface area contributed by atoms with E-state index in [0.717, 1.165) is 19.5 Å². The molecule has 0 aromatic carbocycles. The van der Waals surface area contributed by atoms with Gasteiger partial charge in [0.25, 0.3) is 0 Å². The molecule has 2 rings (SSSR count). The zero-order chi connectivity index (χ0) is 20.9. The molecular weight excluding hydrogens is 360 g/mol. The summed E-state index contributed by atoms with van der Waals surface area (Å²) in [6, 6.07) is -0.432. The van der Waals surface area contributed by atoms with E-state index in [9.17, 15) is 14.4 Å². The fourth-order valence-corrected chi connectivity index (χ4v) is 3.77. The number of amides is 3. The number of ether oxygens (including phenoxy) is 1. The molecule has 0 spiro atoms. The van der Waals surface area contributed by atoms with Gasteiger partial charge in [-0.15, -0.1) is 0 Å². The SMILES string of the molecule is CCN(CC)C(=O)CN1CCN(C(=O)C2CCCN2C(=O)OC(C)(C)C)CC1. The van der Waals surface area contributed by atoms with Crippen LogP contribution in [0.25, 0.3) is 0 Å². The van der Waals surface area contributed by atoms with Crippen LogP contribution in [0.15, 0.2) is 0 Å². The Bertz CT molecular complexity index is 563. The molecule has 2 heterocycles. The largest absolute Gasteiger partial charge is 0.444 e. The number of carbonyl (C=O) groups is 3. The predicted molar refractivity (Wildman–Crippen MR) is 107 cm³/mol. The number of piperazine rings is 1. The van der Waals surface area contributed by atoms with Crippen LogP contribution in [0.2, 0.25) is 0 Å². The van der Waals surface area contributed by atoms with Gasteiger partial charge in [0.15, 0.2) is 0 Å². The van der Waals surface area contributed by atoms with Crippen LogP contribution in [0, 0.1) is 0 Å². The number of likely N-dealkylation sites (tertiary alicyclic amines) is 1. The highest BCUT2D eigenvalue weighted by molar-refractivity contribution is 5.86. The molecule has 2 aliphatic heterocycles. The molecule has 2 saturated heterocycles. The number of hydrogen-bond donors (Lipinski definition) is 0. The molecule has 0 N–H and O–H groups in total. The zero-order valence-electron chi connectivity index (χ0n) is 18.1. The summed E-state index contributed by atoms with van der Waals surface area (Å²) < 4.78 is 5.46. The number of likely N-dealkylation sites (N-methyl/N-ethyl adjacent to an activating group) is 1. The van der Waals surface area contributed by atoms with Crippen LogP contribution in [0.3, 0.4) is 0 Å². The Morgan fingerprint density at radius 2 is 1.61 bits per heavy atom. The normalized spacial score (nSPS) is 21.0. The summed E-state index contributed by atoms with van der Waals surface area (Å²) >= 11 is 0. The second-order valence-corrected chi connectivity index (χ2v) is 8.50. The van der Waals surface area contributed by atoms with E-state index in [2.05, 4.69) is 4.90 Å². The van der Waals surface area contributed by atoms with Gasteiger partial charge in [-0.2, -0.15) is 0 Å². The maximum atomic E-state index is 13.0. The summed E-state index contributed by atoms with van der Waals surface area (Å²) in [4.78, 5) is 45.0. The van der Waals surface area contributed by atoms with E-state index in [1.54, 1.807) is 4.90 Å². The first-order valence-electron chi connectivity index (χ1n) is 10.4. The summed E-state index contributed by atoms with van der Waals surface area (Å²) in [6.07, 6.45) is 1.08. The van der Waals surface area contributed by atoms with Crippen molar-refractivity contribution in [3.63, 3.8) is 0 Å². The number of rotatable bonds is 5. The quantitative estimate of drug-likeness (QED) is 0.702. The van der Waals surface area contributed by atoms with Crippen LogP contribution in [0.4, 0.5) is 4.79 Å². The maximum Gasteiger partial charge on any atom is 0.410 e. The fraction of sp³-hybridized carbons (Fsp3) is 0.850. The standard InChI is InChI=1S/C20H36N4O4/c1-6-22(7-2)17(25)15-21-11-13-23(14-12-21)18(26)16-9-8-10-24(16)19(27)28-20(3,4)5/h16H,6-15H2,1-5H3. The highest BCUT2D eigenvalue weighted by Gasteiger charge is 2.39. The molecule has 0 saturated carbocycles. The second kappa shape index (κ2) is 9.58. The molecule has 3 amide bonds. The molecule has 1 unspecified atom stereocenters. The molecule has 0 aromatic rings. The lowest BCUT2D eigenvalue weighted by Gasteiger charge is -2.37. The van der Waals surface area contributed by atoms with E-state index in [0.29, 0.717) is 45.7 Å². The maximum absolute atomic E-state index is 13.0. The van der Waals surface area contributed by atoms with Gasteiger partial charge in [0, 0.05) is 45.8 Å². The molecule has 160 valence electrons. The highest BCUT2D eigenvalue weighted by Crippen LogP contribution is 2.23. The van der Waals surface area contributed by atoms with Crippen molar-refractivity contribution in [3.05, 3.63) is 0 Å². The van der Waals surface area contributed by atoms with Gasteiger partial charge in [0.1, 0.15) is 11.6 Å². The predicted octanol–water partition coefficient (Wildman–Crippen LogP) is 1.40. The summed E-state index contributed by atoms with van der Waals surface area (Å²) in [5, 5.41) is 0. The van der Waals surface area contributed by atoms with E-state index < -0.39 is 17.7 Å². The van der Waals surface area contributed by atoms with Crippen LogP contribution in [0.1, 0.15) is 47.5 Å². The molecule has 8 nitrogen and oxygen atoms in total. The van der Waals surface area contributed by atoms with E-state index >= 15 is 0 Å². The molecule has 28 heavy (non-hydrogen) atoms. The molecule has 2 aliphatic rings. The van der Waals surface area contributed by atoms with E-state index in [1.165, 1.54) is 0 Å². The summed E-state index contributed by atoms with van der Waals surface area (Å²) in [5.41, 5.74) is -0.573. The van der Waals surface area contributed by atoms with E-state index in [4.69, 9.17) is 4.74 Å². The smallest absolute Gasteiger partial charge is 0.410 e. The van der Waals surface area contributed by atoms with Gasteiger partial charge >= 0.3 is 6.09 Å². The lowest BCUT2D eigenvalue weighted by atomic mass is 10.1. The van der Waals surface area contributed by atoms with Crippen molar-refractivity contribution in [3.8, 4) is 0 Å². The van der Waals surface area contributed by atoms with Gasteiger partial charge in [-0.25, -0.2) is 4.79 Å². The van der Waals surface area contributed by atoms with Gasteiger partial charge in [0.05, 0.1) is 6.54 Å². The van der Waals surface area contributed by atoms with Gasteiger partial charge in [0.2, 0.25) is 11.8 Å². The van der Waals surface area contributed by atoms with Crippen molar-refractivity contribution in [2.24, 2.45) is 0 Å². The van der Waals surface area contributed by atoms with Crippen LogP contribution in [-0.4, -0.2) is 102 Å². The first-order chi connectivity index (χ1) is 13.2. The minimum atomic E-state index is -0.573. The Labute approximate surface area is 168 Å². The minimum absolute atomic E-state index is 0.00178. The number of hydrogen-bond acceptors (Lipinski definition) is 5. The Morgan fingerprint density at radius 3 is 2.14 bits per heavy atom. The molecule has 0 aromatic heterocycles. The molecule has 0 radical (unpaired) electrons. The monoisotopic (exact) mass is 396 g/mol. The highest BCUT2D eigenvalue weighted by atomic mass is 16.6. The zero-order valence-corrected chi connectivity index (χ0v) is 18.1. The Hall–Kier alpha value is -1.83. The lowest BCUT2D eigenvalue weighted by Crippen LogP contribution is -2.56. The first kappa shape index (κ1) is 22.5.